The first-order chi connectivity index (χ1) is 13.7. The minimum absolute atomic E-state index is 0.120. The van der Waals surface area contributed by atoms with Crippen molar-refractivity contribution in [2.75, 3.05) is 0 Å². The van der Waals surface area contributed by atoms with Crippen molar-refractivity contribution in [3.05, 3.63) is 11.6 Å². The van der Waals surface area contributed by atoms with Gasteiger partial charge in [0.1, 0.15) is 5.78 Å². The van der Waals surface area contributed by atoms with Crippen LogP contribution in [0.15, 0.2) is 11.6 Å². The van der Waals surface area contributed by atoms with Crippen LogP contribution < -0.4 is 0 Å². The Bertz CT molecular complexity index is 815. The van der Waals surface area contributed by atoms with E-state index in [2.05, 4.69) is 13.8 Å². The van der Waals surface area contributed by atoms with Gasteiger partial charge < -0.3 is 0 Å². The van der Waals surface area contributed by atoms with Crippen molar-refractivity contribution in [1.82, 2.24) is 0 Å². The summed E-state index contributed by atoms with van der Waals surface area (Å²) in [4.78, 5) is 36.7. The number of rotatable bonds is 1. The largest absolute Gasteiger partial charge is 0.300 e. The van der Waals surface area contributed by atoms with E-state index in [9.17, 15) is 14.4 Å². The molecule has 158 valence electrons. The van der Waals surface area contributed by atoms with Gasteiger partial charge in [-0.1, -0.05) is 31.2 Å². The summed E-state index contributed by atoms with van der Waals surface area (Å²) in [6.45, 7) is 6.60. The minimum Gasteiger partial charge on any atom is -0.300 e. The lowest BCUT2D eigenvalue weighted by molar-refractivity contribution is -0.120. The van der Waals surface area contributed by atoms with E-state index < -0.39 is 0 Å². The molecule has 0 aromatic heterocycles. The van der Waals surface area contributed by atoms with E-state index in [0.29, 0.717) is 35.2 Å². The molecular formula is C25H34O3S. The number of hydrogen-bond acceptors (Lipinski definition) is 4. The maximum atomic E-state index is 12.3. The second kappa shape index (κ2) is 6.55. The molecule has 0 saturated heterocycles. The molecule has 5 rings (SSSR count). The van der Waals surface area contributed by atoms with E-state index in [-0.39, 0.29) is 27.1 Å². The highest BCUT2D eigenvalue weighted by atomic mass is 32.2. The van der Waals surface area contributed by atoms with Crippen LogP contribution in [-0.2, 0) is 14.4 Å². The van der Waals surface area contributed by atoms with Crippen LogP contribution in [0.2, 0.25) is 0 Å². The molecular weight excluding hydrogens is 380 g/mol. The van der Waals surface area contributed by atoms with Crippen LogP contribution in [-0.4, -0.2) is 21.9 Å². The van der Waals surface area contributed by atoms with Crippen LogP contribution in [0.1, 0.15) is 85.0 Å². The molecule has 5 aliphatic carbocycles. The van der Waals surface area contributed by atoms with Crippen molar-refractivity contribution in [1.29, 1.82) is 0 Å². The molecule has 0 radical (unpaired) electrons. The molecule has 7 atom stereocenters. The summed E-state index contributed by atoms with van der Waals surface area (Å²) in [6, 6.07) is 0. The van der Waals surface area contributed by atoms with Crippen LogP contribution in [0.5, 0.6) is 0 Å². The molecule has 0 aromatic rings. The Labute approximate surface area is 178 Å². The van der Waals surface area contributed by atoms with E-state index in [0.717, 1.165) is 32.1 Å². The summed E-state index contributed by atoms with van der Waals surface area (Å²) in [5, 5.41) is 0.496. The molecule has 0 amide bonds. The van der Waals surface area contributed by atoms with Crippen molar-refractivity contribution in [2.24, 2.45) is 34.0 Å². The van der Waals surface area contributed by atoms with E-state index in [1.54, 1.807) is 6.92 Å². The van der Waals surface area contributed by atoms with Gasteiger partial charge in [-0.25, -0.2) is 0 Å². The molecule has 0 N–H and O–H groups in total. The number of carbonyl (C=O) groups is 3. The van der Waals surface area contributed by atoms with Crippen LogP contribution in [0, 0.1) is 34.0 Å². The first-order valence-electron chi connectivity index (χ1n) is 11.6. The van der Waals surface area contributed by atoms with Crippen molar-refractivity contribution in [3.8, 4) is 0 Å². The molecule has 29 heavy (non-hydrogen) atoms. The van der Waals surface area contributed by atoms with Crippen LogP contribution in [0.4, 0.5) is 0 Å². The van der Waals surface area contributed by atoms with Gasteiger partial charge in [0.05, 0.1) is 0 Å². The number of carbonyl (C=O) groups excluding carboxylic acids is 3. The molecule has 0 heterocycles. The minimum atomic E-state index is 0.120. The smallest absolute Gasteiger partial charge is 0.186 e. The van der Waals surface area contributed by atoms with Gasteiger partial charge in [0, 0.05) is 31.4 Å². The quantitative estimate of drug-likeness (QED) is 0.567. The zero-order chi connectivity index (χ0) is 20.6. The fourth-order valence-electron chi connectivity index (χ4n) is 8.70. The first-order valence-corrected chi connectivity index (χ1v) is 12.5. The third-order valence-electron chi connectivity index (χ3n) is 10.2. The molecule has 0 bridgehead atoms. The van der Waals surface area contributed by atoms with Gasteiger partial charge in [0.2, 0.25) is 0 Å². The Morgan fingerprint density at radius 1 is 1.03 bits per heavy atom. The van der Waals surface area contributed by atoms with Gasteiger partial charge in [0.15, 0.2) is 10.9 Å². The summed E-state index contributed by atoms with van der Waals surface area (Å²) < 4.78 is 0. The summed E-state index contributed by atoms with van der Waals surface area (Å²) in [5.41, 5.74) is 1.89. The number of ketones is 2. The number of fused-ring (bicyclic) bond motifs is 6. The highest BCUT2D eigenvalue weighted by Gasteiger charge is 2.66. The maximum Gasteiger partial charge on any atom is 0.186 e. The first kappa shape index (κ1) is 20.0. The predicted octanol–water partition coefficient (Wildman–Crippen LogP) is 5.52. The molecule has 1 spiro atoms. The molecule has 0 aliphatic heterocycles. The number of Topliss-reactive ketones (excluding diaryl/α,β-unsaturated/α-hetero) is 1. The highest BCUT2D eigenvalue weighted by molar-refractivity contribution is 8.14. The Morgan fingerprint density at radius 3 is 2.48 bits per heavy atom. The normalized spacial score (nSPS) is 48.9. The molecule has 0 aromatic carbocycles. The second-order valence-corrected chi connectivity index (χ2v) is 12.6. The summed E-state index contributed by atoms with van der Waals surface area (Å²) >= 11 is 1.54. The Kier molecular flexibility index (Phi) is 4.52. The van der Waals surface area contributed by atoms with E-state index in [4.69, 9.17) is 0 Å². The third-order valence-corrected chi connectivity index (χ3v) is 11.3. The van der Waals surface area contributed by atoms with Crippen LogP contribution >= 0.6 is 11.8 Å². The number of hydrogen-bond donors (Lipinski definition) is 0. The lowest BCUT2D eigenvalue weighted by Crippen LogP contribution is -2.56. The Balaban J connectivity index is 1.56. The van der Waals surface area contributed by atoms with Gasteiger partial charge in [0.25, 0.3) is 0 Å². The molecule has 4 saturated carbocycles. The fourth-order valence-corrected chi connectivity index (χ4v) is 9.92. The average Bonchev–Trinajstić information content (AvgIpc) is 3.17. The van der Waals surface area contributed by atoms with Crippen molar-refractivity contribution < 1.29 is 14.4 Å². The molecule has 4 heteroatoms. The SMILES string of the molecule is CC(=O)S[C@@H]1CC2=CC(=O)CC[C@@]2(C)[C@H]2CC[C@@]3(C)[C@@H](CC[C@@]34CCC(=O)C4)C12. The van der Waals surface area contributed by atoms with Gasteiger partial charge in [-0.05, 0) is 85.0 Å². The topological polar surface area (TPSA) is 51.2 Å². The summed E-state index contributed by atoms with van der Waals surface area (Å²) in [7, 11) is 0. The lowest BCUT2D eigenvalue weighted by Gasteiger charge is -2.61. The molecule has 1 unspecified atom stereocenters. The molecule has 5 aliphatic rings. The monoisotopic (exact) mass is 414 g/mol. The van der Waals surface area contributed by atoms with Crippen molar-refractivity contribution in [2.45, 2.75) is 90.2 Å². The molecule has 3 nitrogen and oxygen atoms in total. The Morgan fingerprint density at radius 2 is 1.79 bits per heavy atom. The number of thioether (sulfide) groups is 1. The lowest BCUT2D eigenvalue weighted by atomic mass is 9.45. The van der Waals surface area contributed by atoms with Crippen molar-refractivity contribution >= 4 is 28.4 Å². The summed E-state index contributed by atoms with van der Waals surface area (Å²) in [5.74, 6) is 2.45. The van der Waals surface area contributed by atoms with Crippen LogP contribution in [0.3, 0.4) is 0 Å². The fraction of sp³-hybridized carbons (Fsp3) is 0.800. The second-order valence-electron chi connectivity index (χ2n) is 11.2. The van der Waals surface area contributed by atoms with E-state index >= 15 is 0 Å². The number of allylic oxidation sites excluding steroid dienone is 1. The van der Waals surface area contributed by atoms with Gasteiger partial charge in [-0.2, -0.15) is 0 Å². The Hall–Kier alpha value is -0.900. The zero-order valence-electron chi connectivity index (χ0n) is 18.1. The average molecular weight is 415 g/mol. The standard InChI is InChI=1S/C25H34O3S/c1-15(26)29-21-13-16-12-17(27)4-8-23(16,2)19-6-9-24(3)20(22(19)21)7-11-25(24)10-5-18(28)14-25/h12,19-22H,4-11,13-14H2,1-3H3/t19-,20-,21+,22?,23+,24-,25+/m0/s1. The van der Waals surface area contributed by atoms with Gasteiger partial charge in [-0.3, -0.25) is 14.4 Å². The third kappa shape index (κ3) is 2.73. The summed E-state index contributed by atoms with van der Waals surface area (Å²) in [6.07, 6.45) is 11.9. The van der Waals surface area contributed by atoms with Gasteiger partial charge >= 0.3 is 0 Å². The molecule has 4 fully saturated rings. The van der Waals surface area contributed by atoms with E-state index in [1.807, 2.05) is 6.08 Å². The van der Waals surface area contributed by atoms with E-state index in [1.165, 1.54) is 43.0 Å². The van der Waals surface area contributed by atoms with Crippen molar-refractivity contribution in [3.63, 3.8) is 0 Å². The zero-order valence-corrected chi connectivity index (χ0v) is 18.9. The van der Waals surface area contributed by atoms with Gasteiger partial charge in [-0.15, -0.1) is 0 Å². The maximum absolute atomic E-state index is 12.3. The predicted molar refractivity (Wildman–Crippen MR) is 115 cm³/mol. The highest BCUT2D eigenvalue weighted by Crippen LogP contribution is 2.73. The van der Waals surface area contributed by atoms with Crippen LogP contribution in [0.25, 0.3) is 0 Å².